The van der Waals surface area contributed by atoms with E-state index in [9.17, 15) is 14.4 Å². The van der Waals surface area contributed by atoms with E-state index in [4.69, 9.17) is 10.5 Å². The Balaban J connectivity index is 2.45. The van der Waals surface area contributed by atoms with Gasteiger partial charge in [0.1, 0.15) is 0 Å². The molecule has 0 aliphatic heterocycles. The molecule has 28 heavy (non-hydrogen) atoms. The summed E-state index contributed by atoms with van der Waals surface area (Å²) in [6.07, 6.45) is -0.910. The molecule has 1 unspecified atom stereocenters. The maximum atomic E-state index is 13.3. The van der Waals surface area contributed by atoms with Crippen LogP contribution in [-0.4, -0.2) is 28.0 Å². The van der Waals surface area contributed by atoms with Crippen LogP contribution in [0.25, 0.3) is 0 Å². The van der Waals surface area contributed by atoms with Gasteiger partial charge >= 0.3 is 6.09 Å². The van der Waals surface area contributed by atoms with Gasteiger partial charge in [0.25, 0.3) is 5.91 Å². The molecule has 148 valence electrons. The molecule has 0 aliphatic rings. The van der Waals surface area contributed by atoms with Crippen LogP contribution in [0.15, 0.2) is 54.6 Å². The van der Waals surface area contributed by atoms with Crippen LogP contribution in [-0.2, 0) is 16.0 Å². The van der Waals surface area contributed by atoms with Crippen molar-refractivity contribution in [1.29, 1.82) is 0 Å². The van der Waals surface area contributed by atoms with Gasteiger partial charge in [-0.1, -0.05) is 56.3 Å². The van der Waals surface area contributed by atoms with Crippen LogP contribution in [0, 0.1) is 0 Å². The third kappa shape index (κ3) is 5.60. The van der Waals surface area contributed by atoms with Crippen molar-refractivity contribution in [2.24, 2.45) is 5.73 Å². The number of Topliss-reactive ketones (excluding diaryl/α,β-unsaturated/α-hetero) is 1. The molecule has 2 aromatic rings. The van der Waals surface area contributed by atoms with E-state index in [1.807, 2.05) is 44.2 Å². The molecule has 2 aromatic carbocycles. The number of primary amides is 1. The quantitative estimate of drug-likeness (QED) is 0.515. The average molecular weight is 401 g/mol. The third-order valence-electron chi connectivity index (χ3n) is 3.87. The van der Waals surface area contributed by atoms with E-state index in [2.05, 4.69) is 5.32 Å². The number of hydrogen-bond acceptors (Lipinski definition) is 5. The smallest absolute Gasteiger partial charge is 0.406 e. The number of nitrogens with one attached hydrogen (secondary N) is 1. The highest BCUT2D eigenvalue weighted by molar-refractivity contribution is 8.01. The zero-order chi connectivity index (χ0) is 20.7. The monoisotopic (exact) mass is 400 g/mol. The van der Waals surface area contributed by atoms with Gasteiger partial charge in [0.2, 0.25) is 4.93 Å². The molecule has 0 spiro atoms. The number of anilines is 1. The van der Waals surface area contributed by atoms with Crippen molar-refractivity contribution in [2.75, 3.05) is 5.32 Å². The van der Waals surface area contributed by atoms with Crippen LogP contribution in [0.2, 0.25) is 0 Å². The second kappa shape index (κ2) is 9.41. The lowest BCUT2D eigenvalue weighted by atomic mass is 10.1. The Bertz CT molecular complexity index is 854. The minimum absolute atomic E-state index is 0.0307. The lowest BCUT2D eigenvalue weighted by Gasteiger charge is -2.32. The van der Waals surface area contributed by atoms with Gasteiger partial charge in [-0.25, -0.2) is 4.79 Å². The maximum absolute atomic E-state index is 13.3. The minimum atomic E-state index is -1.58. The van der Waals surface area contributed by atoms with Crippen molar-refractivity contribution < 1.29 is 19.1 Å². The first-order valence-corrected chi connectivity index (χ1v) is 9.73. The zero-order valence-electron chi connectivity index (χ0n) is 16.1. The number of thioether (sulfide) groups is 1. The summed E-state index contributed by atoms with van der Waals surface area (Å²) in [5.41, 5.74) is 6.85. The van der Waals surface area contributed by atoms with E-state index in [0.29, 0.717) is 11.3 Å². The van der Waals surface area contributed by atoms with Gasteiger partial charge in [-0.15, -0.1) is 11.8 Å². The Morgan fingerprint density at radius 1 is 1.07 bits per heavy atom. The zero-order valence-corrected chi connectivity index (χ0v) is 16.9. The van der Waals surface area contributed by atoms with Gasteiger partial charge in [-0.3, -0.25) is 9.59 Å². The molecule has 2 amide bonds. The first kappa shape index (κ1) is 21.5. The summed E-state index contributed by atoms with van der Waals surface area (Å²) in [7, 11) is 0. The molecule has 0 heterocycles. The number of nitrogens with two attached hydrogens (primary N) is 1. The van der Waals surface area contributed by atoms with Gasteiger partial charge in [0, 0.05) is 17.2 Å². The van der Waals surface area contributed by atoms with Crippen LogP contribution in [0.3, 0.4) is 0 Å². The Kier molecular flexibility index (Phi) is 7.23. The number of benzene rings is 2. The van der Waals surface area contributed by atoms with Crippen LogP contribution >= 0.6 is 11.8 Å². The van der Waals surface area contributed by atoms with E-state index in [1.54, 1.807) is 24.3 Å². The normalized spacial score (nSPS) is 12.9. The summed E-state index contributed by atoms with van der Waals surface area (Å²) in [6, 6.07) is 15.9. The summed E-state index contributed by atoms with van der Waals surface area (Å²) in [5.74, 6) is -0.737. The van der Waals surface area contributed by atoms with E-state index in [-0.39, 0.29) is 17.5 Å². The molecule has 0 bridgehead atoms. The summed E-state index contributed by atoms with van der Waals surface area (Å²) < 4.78 is 5.39. The molecule has 6 nitrogen and oxygen atoms in total. The molecular formula is C21H24N2O4S. The molecule has 3 N–H and O–H groups in total. The van der Waals surface area contributed by atoms with Crippen molar-refractivity contribution in [3.05, 3.63) is 65.7 Å². The summed E-state index contributed by atoms with van der Waals surface area (Å²) in [5, 5.41) is 2.72. The highest BCUT2D eigenvalue weighted by atomic mass is 32.2. The maximum Gasteiger partial charge on any atom is 0.406 e. The molecule has 1 atom stereocenters. The van der Waals surface area contributed by atoms with Crippen LogP contribution in [0.4, 0.5) is 10.5 Å². The fourth-order valence-corrected chi connectivity index (χ4v) is 4.11. The standard InChI is InChI=1S/C21H24N2O4S/c1-14(2)28-21(27-20(22)26,13-16-9-5-4-6-10-16)19(25)23-18-12-8-7-11-17(18)15(3)24/h4-12,14H,13H2,1-3H3,(H2,22,26)(H,23,25). The minimum Gasteiger partial charge on any atom is -0.422 e. The second-order valence-corrected chi connectivity index (χ2v) is 8.40. The van der Waals surface area contributed by atoms with Crippen LogP contribution < -0.4 is 11.1 Å². The Labute approximate surface area is 168 Å². The number of para-hydroxylation sites is 1. The molecule has 0 fully saturated rings. The molecule has 0 radical (unpaired) electrons. The molecule has 0 aliphatic carbocycles. The van der Waals surface area contributed by atoms with Crippen LogP contribution in [0.5, 0.6) is 0 Å². The van der Waals surface area contributed by atoms with Gasteiger partial charge in [0.15, 0.2) is 5.78 Å². The Morgan fingerprint density at radius 3 is 2.25 bits per heavy atom. The number of carbonyl (C=O) groups excluding carboxylic acids is 3. The SMILES string of the molecule is CC(=O)c1ccccc1NC(=O)C(Cc1ccccc1)(OC(N)=O)SC(C)C. The van der Waals surface area contributed by atoms with Crippen LogP contribution in [0.1, 0.15) is 36.7 Å². The first-order valence-electron chi connectivity index (χ1n) is 8.85. The molecular weight excluding hydrogens is 376 g/mol. The summed E-state index contributed by atoms with van der Waals surface area (Å²) in [6.45, 7) is 5.21. The second-order valence-electron chi connectivity index (χ2n) is 6.56. The van der Waals surface area contributed by atoms with E-state index < -0.39 is 16.9 Å². The highest BCUT2D eigenvalue weighted by Gasteiger charge is 2.44. The molecule has 0 saturated heterocycles. The van der Waals surface area contributed by atoms with Crippen molar-refractivity contribution in [2.45, 2.75) is 37.4 Å². The molecule has 0 aromatic heterocycles. The van der Waals surface area contributed by atoms with Gasteiger partial charge < -0.3 is 15.8 Å². The van der Waals surface area contributed by atoms with Crippen molar-refractivity contribution in [3.8, 4) is 0 Å². The lowest BCUT2D eigenvalue weighted by Crippen LogP contribution is -2.48. The van der Waals surface area contributed by atoms with E-state index in [0.717, 1.165) is 5.56 Å². The van der Waals surface area contributed by atoms with E-state index in [1.165, 1.54) is 18.7 Å². The van der Waals surface area contributed by atoms with Crippen molar-refractivity contribution in [3.63, 3.8) is 0 Å². The molecule has 0 saturated carbocycles. The number of ether oxygens (including phenoxy) is 1. The predicted octanol–water partition coefficient (Wildman–Crippen LogP) is 4.00. The first-order chi connectivity index (χ1) is 13.2. The average Bonchev–Trinajstić information content (AvgIpc) is 2.61. The fraction of sp³-hybridized carbons (Fsp3) is 0.286. The summed E-state index contributed by atoms with van der Waals surface area (Å²) in [4.78, 5) is 35.3. The number of hydrogen-bond donors (Lipinski definition) is 2. The Hall–Kier alpha value is -2.80. The summed E-state index contributed by atoms with van der Waals surface area (Å²) >= 11 is 1.19. The topological polar surface area (TPSA) is 98.5 Å². The number of carbonyl (C=O) groups is 3. The predicted molar refractivity (Wildman–Crippen MR) is 111 cm³/mol. The largest absolute Gasteiger partial charge is 0.422 e. The number of ketones is 1. The number of amides is 2. The van der Waals surface area contributed by atoms with E-state index >= 15 is 0 Å². The highest BCUT2D eigenvalue weighted by Crippen LogP contribution is 2.36. The lowest BCUT2D eigenvalue weighted by molar-refractivity contribution is -0.126. The third-order valence-corrected chi connectivity index (χ3v) is 5.14. The Morgan fingerprint density at radius 2 is 1.68 bits per heavy atom. The van der Waals surface area contributed by atoms with Gasteiger partial charge in [-0.2, -0.15) is 0 Å². The molecule has 2 rings (SSSR count). The fourth-order valence-electron chi connectivity index (χ4n) is 2.81. The van der Waals surface area contributed by atoms with Gasteiger partial charge in [0.05, 0.1) is 5.69 Å². The van der Waals surface area contributed by atoms with Crippen molar-refractivity contribution >= 4 is 35.2 Å². The number of rotatable bonds is 8. The molecule has 7 heteroatoms. The van der Waals surface area contributed by atoms with Gasteiger partial charge in [-0.05, 0) is 24.6 Å². The van der Waals surface area contributed by atoms with Crippen molar-refractivity contribution in [1.82, 2.24) is 0 Å².